The van der Waals surface area contributed by atoms with Crippen LogP contribution in [0.25, 0.3) is 6.08 Å². The highest BCUT2D eigenvalue weighted by atomic mass is 35.5. The summed E-state index contributed by atoms with van der Waals surface area (Å²) in [4.78, 5) is 4.10. The molecule has 0 spiro atoms. The van der Waals surface area contributed by atoms with Crippen molar-refractivity contribution in [3.05, 3.63) is 94.5 Å². The van der Waals surface area contributed by atoms with E-state index in [1.807, 2.05) is 59.3 Å². The summed E-state index contributed by atoms with van der Waals surface area (Å²) in [6.07, 6.45) is 9.58. The van der Waals surface area contributed by atoms with Crippen LogP contribution in [0.5, 0.6) is 0 Å². The molecule has 0 aliphatic carbocycles. The third kappa shape index (κ3) is 5.31. The van der Waals surface area contributed by atoms with Gasteiger partial charge in [0.05, 0.1) is 11.6 Å². The smallest absolute Gasteiger partial charge is 0.125 e. The molecule has 3 aromatic rings. The van der Waals surface area contributed by atoms with Crippen molar-refractivity contribution in [2.24, 2.45) is 0 Å². The van der Waals surface area contributed by atoms with E-state index in [-0.39, 0.29) is 10.8 Å². The molecule has 1 heterocycles. The van der Waals surface area contributed by atoms with Gasteiger partial charge in [-0.15, -0.1) is 11.8 Å². The number of hydrogen-bond donors (Lipinski definition) is 0. The molecule has 0 N–H and O–H groups in total. The monoisotopic (exact) mass is 422 g/mol. The van der Waals surface area contributed by atoms with Crippen molar-refractivity contribution in [3.8, 4) is 0 Å². The zero-order chi connectivity index (χ0) is 18.4. The van der Waals surface area contributed by atoms with Crippen LogP contribution >= 0.6 is 46.6 Å². The summed E-state index contributed by atoms with van der Waals surface area (Å²) in [7, 11) is 0. The number of imidazole rings is 1. The first-order chi connectivity index (χ1) is 12.6. The Kier molecular flexibility index (Phi) is 7.09. The molecule has 134 valence electrons. The second-order valence-corrected chi connectivity index (χ2v) is 8.14. The molecule has 0 radical (unpaired) electrons. The van der Waals surface area contributed by atoms with Crippen LogP contribution in [-0.4, -0.2) is 15.3 Å². The van der Waals surface area contributed by atoms with Crippen LogP contribution in [0.1, 0.15) is 21.9 Å². The minimum atomic E-state index is -0.243. The average Bonchev–Trinajstić information content (AvgIpc) is 3.19. The Labute approximate surface area is 172 Å². The van der Waals surface area contributed by atoms with Gasteiger partial charge in [-0.2, -0.15) is 0 Å². The molecule has 2 aromatic carbocycles. The first-order valence-corrected chi connectivity index (χ1v) is 10.3. The molecular formula is C20H17Cl3N2S. The van der Waals surface area contributed by atoms with E-state index in [9.17, 15) is 0 Å². The minimum absolute atomic E-state index is 0.0676. The Balaban J connectivity index is 1.71. The molecular weight excluding hydrogens is 407 g/mol. The van der Waals surface area contributed by atoms with Crippen LogP contribution in [0.2, 0.25) is 10.0 Å². The zero-order valence-electron chi connectivity index (χ0n) is 13.8. The van der Waals surface area contributed by atoms with Crippen LogP contribution in [-0.2, 0) is 0 Å². The fraction of sp³-hybridized carbons (Fsp3) is 0.150. The van der Waals surface area contributed by atoms with E-state index in [1.165, 1.54) is 0 Å². The topological polar surface area (TPSA) is 17.8 Å². The van der Waals surface area contributed by atoms with Crippen LogP contribution < -0.4 is 0 Å². The van der Waals surface area contributed by atoms with E-state index in [0.717, 1.165) is 21.9 Å². The van der Waals surface area contributed by atoms with Crippen LogP contribution in [0.3, 0.4) is 0 Å². The molecule has 0 fully saturated rings. The second kappa shape index (κ2) is 9.52. The van der Waals surface area contributed by atoms with E-state index in [4.69, 9.17) is 34.8 Å². The number of hydrogen-bond acceptors (Lipinski definition) is 2. The van der Waals surface area contributed by atoms with Crippen molar-refractivity contribution in [2.75, 3.05) is 5.75 Å². The number of rotatable bonds is 7. The van der Waals surface area contributed by atoms with Gasteiger partial charge in [-0.3, -0.25) is 0 Å². The zero-order valence-corrected chi connectivity index (χ0v) is 16.9. The number of thioether (sulfide) groups is 1. The van der Waals surface area contributed by atoms with E-state index in [2.05, 4.69) is 17.1 Å². The van der Waals surface area contributed by atoms with E-state index in [0.29, 0.717) is 5.02 Å². The lowest BCUT2D eigenvalue weighted by atomic mass is 10.1. The van der Waals surface area contributed by atoms with E-state index >= 15 is 0 Å². The number of alkyl halides is 1. The summed E-state index contributed by atoms with van der Waals surface area (Å²) < 4.78 is 1.91. The molecule has 1 aromatic heterocycles. The quantitative estimate of drug-likeness (QED) is 0.377. The second-order valence-electron chi connectivity index (χ2n) is 5.64. The van der Waals surface area contributed by atoms with Crippen LogP contribution in [0.15, 0.2) is 73.3 Å². The molecule has 0 saturated heterocycles. The summed E-state index contributed by atoms with van der Waals surface area (Å²) in [5.41, 5.74) is 2.01. The van der Waals surface area contributed by atoms with E-state index < -0.39 is 0 Å². The highest BCUT2D eigenvalue weighted by Crippen LogP contribution is 2.41. The highest BCUT2D eigenvalue weighted by molar-refractivity contribution is 7.99. The lowest BCUT2D eigenvalue weighted by Gasteiger charge is -2.23. The Morgan fingerprint density at radius 1 is 1.00 bits per heavy atom. The van der Waals surface area contributed by atoms with Crippen molar-refractivity contribution >= 4 is 52.6 Å². The molecule has 2 unspecified atom stereocenters. The largest absolute Gasteiger partial charge is 0.319 e. The molecule has 2 atom stereocenters. The fourth-order valence-electron chi connectivity index (χ4n) is 2.48. The summed E-state index contributed by atoms with van der Waals surface area (Å²) in [6, 6.07) is 15.6. The summed E-state index contributed by atoms with van der Waals surface area (Å²) >= 11 is 20.4. The third-order valence-corrected chi connectivity index (χ3v) is 6.22. The van der Waals surface area contributed by atoms with Gasteiger partial charge in [0.25, 0.3) is 0 Å². The van der Waals surface area contributed by atoms with Gasteiger partial charge in [0.15, 0.2) is 0 Å². The van der Waals surface area contributed by atoms with Crippen molar-refractivity contribution < 1.29 is 0 Å². The molecule has 0 amide bonds. The molecule has 0 bridgehead atoms. The van der Waals surface area contributed by atoms with Crippen molar-refractivity contribution in [3.63, 3.8) is 0 Å². The van der Waals surface area contributed by atoms with Gasteiger partial charge >= 0.3 is 0 Å². The normalized spacial score (nSPS) is 13.8. The van der Waals surface area contributed by atoms with Gasteiger partial charge in [0.1, 0.15) is 5.50 Å². The average molecular weight is 424 g/mol. The lowest BCUT2D eigenvalue weighted by molar-refractivity contribution is 0.651. The minimum Gasteiger partial charge on any atom is -0.319 e. The molecule has 0 aliphatic heterocycles. The van der Waals surface area contributed by atoms with Crippen molar-refractivity contribution in [1.29, 1.82) is 0 Å². The Bertz CT molecular complexity index is 831. The predicted octanol–water partition coefficient (Wildman–Crippen LogP) is 7.12. The first kappa shape index (κ1) is 19.4. The molecule has 26 heavy (non-hydrogen) atoms. The molecule has 6 heteroatoms. The van der Waals surface area contributed by atoms with Gasteiger partial charge in [0, 0.05) is 28.2 Å². The Morgan fingerprint density at radius 3 is 2.27 bits per heavy atom. The standard InChI is InChI=1S/C20H17Cl3N2S/c21-17-7-3-15(4-8-17)2-1-13-26-19(16-5-9-18(22)10-6-16)20(23)25-12-11-24-14-25/h1-12,14,19-20H,13H2. The maximum atomic E-state index is 6.73. The molecule has 2 nitrogen and oxygen atoms in total. The predicted molar refractivity (Wildman–Crippen MR) is 114 cm³/mol. The van der Waals surface area contributed by atoms with Gasteiger partial charge in [-0.25, -0.2) is 4.98 Å². The molecule has 3 rings (SSSR count). The van der Waals surface area contributed by atoms with Gasteiger partial charge in [-0.05, 0) is 35.4 Å². The highest BCUT2D eigenvalue weighted by Gasteiger charge is 2.22. The lowest BCUT2D eigenvalue weighted by Crippen LogP contribution is -2.09. The van der Waals surface area contributed by atoms with Crippen LogP contribution in [0.4, 0.5) is 0 Å². The number of nitrogens with zero attached hydrogens (tertiary/aromatic N) is 2. The van der Waals surface area contributed by atoms with Gasteiger partial charge in [-0.1, -0.05) is 71.2 Å². The summed E-state index contributed by atoms with van der Waals surface area (Å²) in [5.74, 6) is 0.827. The Hall–Kier alpha value is -1.39. The number of benzene rings is 2. The number of aromatic nitrogens is 2. The Morgan fingerprint density at radius 2 is 1.65 bits per heavy atom. The van der Waals surface area contributed by atoms with Crippen molar-refractivity contribution in [1.82, 2.24) is 9.55 Å². The maximum absolute atomic E-state index is 6.73. The van der Waals surface area contributed by atoms with Crippen LogP contribution in [0, 0.1) is 0 Å². The summed E-state index contributed by atoms with van der Waals surface area (Å²) in [6.45, 7) is 0. The first-order valence-electron chi connectivity index (χ1n) is 8.04. The summed E-state index contributed by atoms with van der Waals surface area (Å²) in [5, 5.41) is 1.52. The SMILES string of the molecule is Clc1ccc(C=CCSC(c2ccc(Cl)cc2)C(Cl)n2ccnc2)cc1. The fourth-order valence-corrected chi connectivity index (χ4v) is 4.27. The number of halogens is 3. The van der Waals surface area contributed by atoms with Gasteiger partial charge in [0.2, 0.25) is 0 Å². The third-order valence-electron chi connectivity index (χ3n) is 3.81. The van der Waals surface area contributed by atoms with Gasteiger partial charge < -0.3 is 4.57 Å². The molecule has 0 aliphatic rings. The maximum Gasteiger partial charge on any atom is 0.125 e. The molecule has 0 saturated carbocycles. The van der Waals surface area contributed by atoms with Crippen molar-refractivity contribution in [2.45, 2.75) is 10.8 Å². The van der Waals surface area contributed by atoms with E-state index in [1.54, 1.807) is 24.3 Å².